The van der Waals surface area contributed by atoms with E-state index >= 15 is 0 Å². The summed E-state index contributed by atoms with van der Waals surface area (Å²) >= 11 is 0. The zero-order chi connectivity index (χ0) is 10.1. The second-order valence-electron chi connectivity index (χ2n) is 3.41. The Morgan fingerprint density at radius 2 is 1.93 bits per heavy atom. The number of phenols is 1. The predicted octanol–water partition coefficient (Wildman–Crippen LogP) is 2.01. The fourth-order valence-electron chi connectivity index (χ4n) is 1.37. The molecule has 1 N–H and O–H groups in total. The average Bonchev–Trinajstić information content (AvgIpc) is 2.18. The number of nitrogens with zero attached hydrogens (tertiary/aromatic N) is 2. The molecule has 2 aromatic rings. The van der Waals surface area contributed by atoms with Crippen LogP contribution in [-0.2, 0) is 0 Å². The van der Waals surface area contributed by atoms with E-state index in [0.29, 0.717) is 5.52 Å². The summed E-state index contributed by atoms with van der Waals surface area (Å²) in [6, 6.07) is 9.28. The maximum absolute atomic E-state index is 9.60. The van der Waals surface area contributed by atoms with Crippen LogP contribution in [0.2, 0.25) is 0 Å². The van der Waals surface area contributed by atoms with Crippen LogP contribution < -0.4 is 4.90 Å². The molecule has 0 saturated heterocycles. The summed E-state index contributed by atoms with van der Waals surface area (Å²) in [7, 11) is 3.85. The maximum Gasteiger partial charge on any atom is 0.141 e. The highest BCUT2D eigenvalue weighted by atomic mass is 16.3. The van der Waals surface area contributed by atoms with E-state index in [2.05, 4.69) is 4.98 Å². The fourth-order valence-corrected chi connectivity index (χ4v) is 1.37. The number of fused-ring (bicyclic) bond motifs is 1. The van der Waals surface area contributed by atoms with E-state index in [1.165, 1.54) is 0 Å². The molecule has 0 spiro atoms. The number of aromatic hydroxyl groups is 1. The van der Waals surface area contributed by atoms with Gasteiger partial charge in [-0.05, 0) is 18.2 Å². The van der Waals surface area contributed by atoms with E-state index in [4.69, 9.17) is 0 Å². The molecule has 2 rings (SSSR count). The molecule has 1 aromatic heterocycles. The van der Waals surface area contributed by atoms with Crippen molar-refractivity contribution in [2.24, 2.45) is 0 Å². The molecule has 72 valence electrons. The van der Waals surface area contributed by atoms with Gasteiger partial charge in [-0.25, -0.2) is 4.98 Å². The summed E-state index contributed by atoms with van der Waals surface area (Å²) in [6.45, 7) is 0. The van der Waals surface area contributed by atoms with Gasteiger partial charge in [-0.15, -0.1) is 0 Å². The average molecular weight is 188 g/mol. The Balaban J connectivity index is 2.70. The Hall–Kier alpha value is -1.77. The maximum atomic E-state index is 9.60. The van der Waals surface area contributed by atoms with Gasteiger partial charge < -0.3 is 10.0 Å². The quantitative estimate of drug-likeness (QED) is 0.743. The third-order valence-corrected chi connectivity index (χ3v) is 2.14. The molecule has 0 aliphatic carbocycles. The highest BCUT2D eigenvalue weighted by Gasteiger charge is 2.02. The molecule has 3 heteroatoms. The largest absolute Gasteiger partial charge is 0.506 e. The van der Waals surface area contributed by atoms with Crippen LogP contribution in [0.3, 0.4) is 0 Å². The van der Waals surface area contributed by atoms with Gasteiger partial charge in [0.2, 0.25) is 0 Å². The van der Waals surface area contributed by atoms with Gasteiger partial charge in [-0.1, -0.05) is 12.1 Å². The zero-order valence-corrected chi connectivity index (χ0v) is 8.23. The van der Waals surface area contributed by atoms with Gasteiger partial charge in [0.25, 0.3) is 0 Å². The first-order chi connectivity index (χ1) is 6.68. The van der Waals surface area contributed by atoms with Crippen LogP contribution in [0.5, 0.6) is 5.75 Å². The van der Waals surface area contributed by atoms with Gasteiger partial charge in [0.05, 0.1) is 0 Å². The number of aromatic nitrogens is 1. The number of hydrogen-bond donors (Lipinski definition) is 1. The standard InChI is InChI=1S/C11H12N2O/c1-13(2)10-7-6-8-4-3-5-9(14)11(8)12-10/h3-7,14H,1-2H3. The number of phenolic OH excluding ortho intramolecular Hbond substituents is 1. The SMILES string of the molecule is CN(C)c1ccc2cccc(O)c2n1. The molecule has 1 heterocycles. The molecule has 0 saturated carbocycles. The lowest BCUT2D eigenvalue weighted by Gasteiger charge is -2.11. The minimum atomic E-state index is 0.228. The summed E-state index contributed by atoms with van der Waals surface area (Å²) in [5.74, 6) is 1.07. The van der Waals surface area contributed by atoms with Gasteiger partial charge >= 0.3 is 0 Å². The van der Waals surface area contributed by atoms with Gasteiger partial charge in [0, 0.05) is 19.5 Å². The minimum Gasteiger partial charge on any atom is -0.506 e. The van der Waals surface area contributed by atoms with Crippen molar-refractivity contribution in [3.05, 3.63) is 30.3 Å². The normalized spacial score (nSPS) is 10.4. The fraction of sp³-hybridized carbons (Fsp3) is 0.182. The van der Waals surface area contributed by atoms with Gasteiger partial charge in [-0.3, -0.25) is 0 Å². The summed E-state index contributed by atoms with van der Waals surface area (Å²) in [6.07, 6.45) is 0. The smallest absolute Gasteiger partial charge is 0.141 e. The topological polar surface area (TPSA) is 36.4 Å². The van der Waals surface area contributed by atoms with E-state index in [-0.39, 0.29) is 5.75 Å². The molecule has 0 fully saturated rings. The monoisotopic (exact) mass is 188 g/mol. The second-order valence-corrected chi connectivity index (χ2v) is 3.41. The summed E-state index contributed by atoms with van der Waals surface area (Å²) < 4.78 is 0. The molecule has 14 heavy (non-hydrogen) atoms. The second kappa shape index (κ2) is 3.18. The number of pyridine rings is 1. The molecule has 0 amide bonds. The molecule has 0 atom stereocenters. The number of rotatable bonds is 1. The highest BCUT2D eigenvalue weighted by molar-refractivity contribution is 5.85. The molecule has 0 radical (unpaired) electrons. The minimum absolute atomic E-state index is 0.228. The third-order valence-electron chi connectivity index (χ3n) is 2.14. The van der Waals surface area contributed by atoms with Crippen LogP contribution in [0.25, 0.3) is 10.9 Å². The number of anilines is 1. The van der Waals surface area contributed by atoms with Crippen molar-refractivity contribution >= 4 is 16.7 Å². The van der Waals surface area contributed by atoms with Gasteiger partial charge in [0.1, 0.15) is 17.1 Å². The summed E-state index contributed by atoms with van der Waals surface area (Å²) in [4.78, 5) is 6.26. The van der Waals surface area contributed by atoms with Crippen LogP contribution in [-0.4, -0.2) is 24.2 Å². The molecule has 3 nitrogen and oxygen atoms in total. The van der Waals surface area contributed by atoms with Crippen molar-refractivity contribution in [2.75, 3.05) is 19.0 Å². The van der Waals surface area contributed by atoms with Crippen molar-refractivity contribution < 1.29 is 5.11 Å². The lowest BCUT2D eigenvalue weighted by atomic mass is 10.2. The number of para-hydroxylation sites is 1. The Morgan fingerprint density at radius 1 is 1.14 bits per heavy atom. The molecule has 0 aliphatic heterocycles. The van der Waals surface area contributed by atoms with Crippen LogP contribution >= 0.6 is 0 Å². The first kappa shape index (κ1) is 8.81. The molecular formula is C11H12N2O. The van der Waals surface area contributed by atoms with E-state index in [9.17, 15) is 5.11 Å². The Kier molecular flexibility index (Phi) is 2.00. The third kappa shape index (κ3) is 1.37. The van der Waals surface area contributed by atoms with Crippen LogP contribution in [0.15, 0.2) is 30.3 Å². The molecule has 0 aliphatic rings. The number of hydrogen-bond acceptors (Lipinski definition) is 3. The van der Waals surface area contributed by atoms with Crippen molar-refractivity contribution in [1.29, 1.82) is 0 Å². The van der Waals surface area contributed by atoms with E-state index in [0.717, 1.165) is 11.2 Å². The predicted molar refractivity (Wildman–Crippen MR) is 57.7 cm³/mol. The van der Waals surface area contributed by atoms with Crippen LogP contribution in [0, 0.1) is 0 Å². The molecule has 0 unspecified atom stereocenters. The summed E-state index contributed by atoms with van der Waals surface area (Å²) in [5.41, 5.74) is 0.652. The van der Waals surface area contributed by atoms with Crippen LogP contribution in [0.1, 0.15) is 0 Å². The molecule has 1 aromatic carbocycles. The molecule has 0 bridgehead atoms. The van der Waals surface area contributed by atoms with E-state index < -0.39 is 0 Å². The van der Waals surface area contributed by atoms with E-state index in [1.54, 1.807) is 6.07 Å². The highest BCUT2D eigenvalue weighted by Crippen LogP contribution is 2.24. The lowest BCUT2D eigenvalue weighted by Crippen LogP contribution is -2.10. The van der Waals surface area contributed by atoms with E-state index in [1.807, 2.05) is 43.3 Å². The Morgan fingerprint density at radius 3 is 2.64 bits per heavy atom. The summed E-state index contributed by atoms with van der Waals surface area (Å²) in [5, 5.41) is 10.6. The number of benzene rings is 1. The lowest BCUT2D eigenvalue weighted by molar-refractivity contribution is 0.480. The van der Waals surface area contributed by atoms with Crippen molar-refractivity contribution in [1.82, 2.24) is 4.98 Å². The van der Waals surface area contributed by atoms with Crippen molar-refractivity contribution in [3.8, 4) is 5.75 Å². The first-order valence-electron chi connectivity index (χ1n) is 4.44. The Bertz CT molecular complexity index is 466. The Labute approximate surface area is 82.6 Å². The first-order valence-corrected chi connectivity index (χ1v) is 4.44. The van der Waals surface area contributed by atoms with Crippen molar-refractivity contribution in [2.45, 2.75) is 0 Å². The zero-order valence-electron chi connectivity index (χ0n) is 8.23. The molecular weight excluding hydrogens is 176 g/mol. The van der Waals surface area contributed by atoms with Crippen molar-refractivity contribution in [3.63, 3.8) is 0 Å². The van der Waals surface area contributed by atoms with Gasteiger partial charge in [-0.2, -0.15) is 0 Å². The van der Waals surface area contributed by atoms with Crippen LogP contribution in [0.4, 0.5) is 5.82 Å². The van der Waals surface area contributed by atoms with Gasteiger partial charge in [0.15, 0.2) is 0 Å².